The molecule has 0 fully saturated rings. The van der Waals surface area contributed by atoms with E-state index in [0.717, 1.165) is 5.56 Å². The molecule has 2 amide bonds. The second-order valence-electron chi connectivity index (χ2n) is 5.75. The van der Waals surface area contributed by atoms with E-state index in [0.29, 0.717) is 5.56 Å². The van der Waals surface area contributed by atoms with Crippen molar-refractivity contribution in [3.8, 4) is 5.75 Å². The lowest BCUT2D eigenvalue weighted by molar-refractivity contribution is -0.153. The summed E-state index contributed by atoms with van der Waals surface area (Å²) < 4.78 is 46.7. The quantitative estimate of drug-likeness (QED) is 0.730. The van der Waals surface area contributed by atoms with E-state index in [1.54, 1.807) is 19.2 Å². The fourth-order valence-electron chi connectivity index (χ4n) is 2.35. The van der Waals surface area contributed by atoms with Gasteiger partial charge in [-0.25, -0.2) is 4.79 Å². The standard InChI is InChI=1S/C19H21F3N2O3/c1-26-17(15-7-3-2-4-8-15)12-24-18(25)23-11-14-6-5-9-16(10-14)27-13-19(20,21)22/h2-10,17H,11-13H2,1H3,(H2,23,24,25). The molecular formula is C19H21F3N2O3. The fraction of sp³-hybridized carbons (Fsp3) is 0.316. The molecule has 0 saturated carbocycles. The van der Waals surface area contributed by atoms with Crippen molar-refractivity contribution >= 4 is 6.03 Å². The summed E-state index contributed by atoms with van der Waals surface area (Å²) in [4.78, 5) is 12.0. The number of halogens is 3. The summed E-state index contributed by atoms with van der Waals surface area (Å²) in [6.45, 7) is -0.929. The van der Waals surface area contributed by atoms with Gasteiger partial charge in [0.15, 0.2) is 6.61 Å². The largest absolute Gasteiger partial charge is 0.484 e. The number of nitrogens with one attached hydrogen (secondary N) is 2. The van der Waals surface area contributed by atoms with Crippen LogP contribution in [0.2, 0.25) is 0 Å². The molecule has 0 aliphatic rings. The van der Waals surface area contributed by atoms with Crippen LogP contribution in [0, 0.1) is 0 Å². The molecule has 0 aromatic heterocycles. The number of amides is 2. The summed E-state index contributed by atoms with van der Waals surface area (Å²) in [6, 6.07) is 15.2. The number of hydrogen-bond acceptors (Lipinski definition) is 3. The molecule has 0 heterocycles. The topological polar surface area (TPSA) is 59.6 Å². The van der Waals surface area contributed by atoms with Crippen LogP contribution in [0.3, 0.4) is 0 Å². The molecule has 2 N–H and O–H groups in total. The monoisotopic (exact) mass is 382 g/mol. The Morgan fingerprint density at radius 3 is 2.48 bits per heavy atom. The van der Waals surface area contributed by atoms with Crippen molar-refractivity contribution in [1.82, 2.24) is 10.6 Å². The number of carbonyl (C=O) groups excluding carboxylic acids is 1. The predicted octanol–water partition coefficient (Wildman–Crippen LogP) is 3.81. The van der Waals surface area contributed by atoms with Crippen LogP contribution in [0.15, 0.2) is 54.6 Å². The number of carbonyl (C=O) groups is 1. The zero-order chi connectivity index (χ0) is 19.7. The van der Waals surface area contributed by atoms with E-state index in [1.165, 1.54) is 12.1 Å². The van der Waals surface area contributed by atoms with Gasteiger partial charge < -0.3 is 20.1 Å². The predicted molar refractivity (Wildman–Crippen MR) is 94.4 cm³/mol. The van der Waals surface area contributed by atoms with Crippen molar-refractivity contribution in [1.29, 1.82) is 0 Å². The molecule has 1 atom stereocenters. The highest BCUT2D eigenvalue weighted by atomic mass is 19.4. The molecule has 0 aliphatic heterocycles. The van der Waals surface area contributed by atoms with Gasteiger partial charge in [-0.1, -0.05) is 42.5 Å². The lowest BCUT2D eigenvalue weighted by Crippen LogP contribution is -2.37. The van der Waals surface area contributed by atoms with E-state index in [4.69, 9.17) is 9.47 Å². The first kappa shape index (κ1) is 20.6. The molecule has 2 aromatic rings. The molecule has 0 saturated heterocycles. The SMILES string of the molecule is COC(CNC(=O)NCc1cccc(OCC(F)(F)F)c1)c1ccccc1. The first-order valence-electron chi connectivity index (χ1n) is 8.25. The van der Waals surface area contributed by atoms with Crippen molar-refractivity contribution in [3.05, 3.63) is 65.7 Å². The van der Waals surface area contributed by atoms with Crippen LogP contribution in [0.4, 0.5) is 18.0 Å². The van der Waals surface area contributed by atoms with Crippen LogP contribution in [-0.2, 0) is 11.3 Å². The Kier molecular flexibility index (Phi) is 7.48. The van der Waals surface area contributed by atoms with Gasteiger partial charge in [-0.2, -0.15) is 13.2 Å². The second kappa shape index (κ2) is 9.82. The molecule has 8 heteroatoms. The molecule has 27 heavy (non-hydrogen) atoms. The van der Waals surface area contributed by atoms with Gasteiger partial charge in [-0.3, -0.25) is 0 Å². The van der Waals surface area contributed by atoms with Crippen LogP contribution in [0.5, 0.6) is 5.75 Å². The summed E-state index contributed by atoms with van der Waals surface area (Å²) in [6.07, 6.45) is -4.68. The molecule has 146 valence electrons. The van der Waals surface area contributed by atoms with E-state index in [9.17, 15) is 18.0 Å². The highest BCUT2D eigenvalue weighted by molar-refractivity contribution is 5.73. The molecule has 0 spiro atoms. The summed E-state index contributed by atoms with van der Waals surface area (Å²) in [5.74, 6) is 0.0931. The van der Waals surface area contributed by atoms with E-state index in [1.807, 2.05) is 30.3 Å². The Morgan fingerprint density at radius 2 is 1.81 bits per heavy atom. The van der Waals surface area contributed by atoms with Crippen LogP contribution in [0.1, 0.15) is 17.2 Å². The number of hydrogen-bond donors (Lipinski definition) is 2. The van der Waals surface area contributed by atoms with Gasteiger partial charge >= 0.3 is 12.2 Å². The highest BCUT2D eigenvalue weighted by Crippen LogP contribution is 2.19. The Balaban J connectivity index is 1.79. The summed E-state index contributed by atoms with van der Waals surface area (Å²) >= 11 is 0. The Bertz CT molecular complexity index is 724. The van der Waals surface area contributed by atoms with Crippen LogP contribution < -0.4 is 15.4 Å². The van der Waals surface area contributed by atoms with Gasteiger partial charge in [0.2, 0.25) is 0 Å². The lowest BCUT2D eigenvalue weighted by Gasteiger charge is -2.17. The minimum atomic E-state index is -4.40. The van der Waals surface area contributed by atoms with Gasteiger partial charge in [0.1, 0.15) is 5.75 Å². The first-order chi connectivity index (χ1) is 12.9. The normalized spacial score (nSPS) is 12.3. The van der Waals surface area contributed by atoms with Crippen molar-refractivity contribution in [2.24, 2.45) is 0 Å². The Labute approximate surface area is 155 Å². The number of methoxy groups -OCH3 is 1. The third-order valence-electron chi connectivity index (χ3n) is 3.66. The number of rotatable bonds is 8. The average Bonchev–Trinajstić information content (AvgIpc) is 2.66. The molecule has 1 unspecified atom stereocenters. The summed E-state index contributed by atoms with van der Waals surface area (Å²) in [5.41, 5.74) is 1.56. The third kappa shape index (κ3) is 7.57. The van der Waals surface area contributed by atoms with Crippen LogP contribution in [-0.4, -0.2) is 32.5 Å². The molecule has 5 nitrogen and oxygen atoms in total. The van der Waals surface area contributed by atoms with Crippen LogP contribution >= 0.6 is 0 Å². The molecule has 0 bridgehead atoms. The van der Waals surface area contributed by atoms with E-state index in [-0.39, 0.29) is 24.9 Å². The van der Waals surface area contributed by atoms with Gasteiger partial charge in [0, 0.05) is 20.2 Å². The van der Waals surface area contributed by atoms with E-state index >= 15 is 0 Å². The minimum absolute atomic E-state index is 0.0931. The van der Waals surface area contributed by atoms with Crippen molar-refractivity contribution in [2.75, 3.05) is 20.3 Å². The van der Waals surface area contributed by atoms with Crippen molar-refractivity contribution in [2.45, 2.75) is 18.8 Å². The van der Waals surface area contributed by atoms with Gasteiger partial charge in [-0.15, -0.1) is 0 Å². The molecule has 0 aliphatic carbocycles. The molecule has 0 radical (unpaired) electrons. The van der Waals surface area contributed by atoms with Crippen molar-refractivity contribution < 1.29 is 27.4 Å². The average molecular weight is 382 g/mol. The highest BCUT2D eigenvalue weighted by Gasteiger charge is 2.28. The maximum atomic E-state index is 12.2. The first-order valence-corrected chi connectivity index (χ1v) is 8.25. The summed E-state index contributed by atoms with van der Waals surface area (Å²) in [5, 5.41) is 5.35. The van der Waals surface area contributed by atoms with E-state index < -0.39 is 18.8 Å². The zero-order valence-corrected chi connectivity index (χ0v) is 14.8. The summed E-state index contributed by atoms with van der Waals surface area (Å²) in [7, 11) is 1.56. The molecular weight excluding hydrogens is 361 g/mol. The number of urea groups is 1. The van der Waals surface area contributed by atoms with Gasteiger partial charge in [-0.05, 0) is 23.3 Å². The minimum Gasteiger partial charge on any atom is -0.484 e. The van der Waals surface area contributed by atoms with E-state index in [2.05, 4.69) is 10.6 Å². The third-order valence-corrected chi connectivity index (χ3v) is 3.66. The Morgan fingerprint density at radius 1 is 1.07 bits per heavy atom. The lowest BCUT2D eigenvalue weighted by atomic mass is 10.1. The molecule has 2 aromatic carbocycles. The maximum absolute atomic E-state index is 12.2. The molecule has 2 rings (SSSR count). The van der Waals surface area contributed by atoms with Gasteiger partial charge in [0.05, 0.1) is 6.10 Å². The fourth-order valence-corrected chi connectivity index (χ4v) is 2.35. The Hall–Kier alpha value is -2.74. The number of benzene rings is 2. The van der Waals surface area contributed by atoms with Crippen molar-refractivity contribution in [3.63, 3.8) is 0 Å². The number of alkyl halides is 3. The van der Waals surface area contributed by atoms with Gasteiger partial charge in [0.25, 0.3) is 0 Å². The zero-order valence-electron chi connectivity index (χ0n) is 14.8. The maximum Gasteiger partial charge on any atom is 0.422 e. The second-order valence-corrected chi connectivity index (χ2v) is 5.75. The van der Waals surface area contributed by atoms with Crippen LogP contribution in [0.25, 0.3) is 0 Å². The smallest absolute Gasteiger partial charge is 0.422 e. The number of ether oxygens (including phenoxy) is 2.